The maximum atomic E-state index is 12.9. The van der Waals surface area contributed by atoms with Gasteiger partial charge >= 0.3 is 6.18 Å². The summed E-state index contributed by atoms with van der Waals surface area (Å²) < 4.78 is 43.3. The number of hydrogen-bond acceptors (Lipinski definition) is 2. The van der Waals surface area contributed by atoms with Gasteiger partial charge in [0, 0.05) is 11.0 Å². The van der Waals surface area contributed by atoms with Crippen LogP contribution in [0.1, 0.15) is 43.1 Å². The van der Waals surface area contributed by atoms with E-state index in [1.165, 1.54) is 19.2 Å². The van der Waals surface area contributed by atoms with Crippen LogP contribution < -0.4 is 4.74 Å². The van der Waals surface area contributed by atoms with Gasteiger partial charge in [-0.2, -0.15) is 13.2 Å². The third-order valence-corrected chi connectivity index (χ3v) is 3.27. The van der Waals surface area contributed by atoms with E-state index in [2.05, 4.69) is 4.74 Å². The lowest BCUT2D eigenvalue weighted by Gasteiger charge is -2.22. The van der Waals surface area contributed by atoms with Crippen LogP contribution in [0, 0.1) is 5.41 Å². The van der Waals surface area contributed by atoms with E-state index >= 15 is 0 Å². The molecule has 106 valence electrons. The van der Waals surface area contributed by atoms with Crippen LogP contribution in [0.25, 0.3) is 0 Å². The van der Waals surface area contributed by atoms with E-state index < -0.39 is 17.2 Å². The number of hydrogen-bond donors (Lipinski definition) is 0. The number of ether oxygens (including phenoxy) is 1. The van der Waals surface area contributed by atoms with Gasteiger partial charge in [-0.1, -0.05) is 20.8 Å². The maximum Gasteiger partial charge on any atom is 0.419 e. The standard InChI is InChI=1S/C14H17F3O2/c1-5-13(2,3)12(18)9-6-7-11(19-4)10(8-9)14(15,16)17/h6-8H,5H2,1-4H3. The van der Waals surface area contributed by atoms with Crippen molar-refractivity contribution in [3.05, 3.63) is 29.3 Å². The molecule has 0 N–H and O–H groups in total. The number of ketones is 1. The van der Waals surface area contributed by atoms with Crippen LogP contribution in [0.2, 0.25) is 0 Å². The van der Waals surface area contributed by atoms with E-state index in [-0.39, 0.29) is 17.1 Å². The molecule has 0 amide bonds. The minimum Gasteiger partial charge on any atom is -0.496 e. The average molecular weight is 274 g/mol. The van der Waals surface area contributed by atoms with Gasteiger partial charge in [0.05, 0.1) is 12.7 Å². The number of Topliss-reactive ketones (excluding diaryl/α,β-unsaturated/α-hetero) is 1. The molecule has 0 aliphatic rings. The quantitative estimate of drug-likeness (QED) is 0.764. The molecule has 1 aromatic carbocycles. The Balaban J connectivity index is 3.31. The first-order valence-corrected chi connectivity index (χ1v) is 5.93. The van der Waals surface area contributed by atoms with Gasteiger partial charge in [0.1, 0.15) is 5.75 Å². The largest absolute Gasteiger partial charge is 0.496 e. The van der Waals surface area contributed by atoms with Crippen LogP contribution in [0.15, 0.2) is 18.2 Å². The van der Waals surface area contributed by atoms with Crippen molar-refractivity contribution in [2.45, 2.75) is 33.4 Å². The van der Waals surface area contributed by atoms with Gasteiger partial charge in [0.15, 0.2) is 5.78 Å². The van der Waals surface area contributed by atoms with E-state index in [4.69, 9.17) is 0 Å². The molecular weight excluding hydrogens is 257 g/mol. The summed E-state index contributed by atoms with van der Waals surface area (Å²) in [6, 6.07) is 3.41. The molecule has 0 saturated heterocycles. The minimum atomic E-state index is -4.54. The van der Waals surface area contributed by atoms with Gasteiger partial charge in [-0.15, -0.1) is 0 Å². The first-order chi connectivity index (χ1) is 8.63. The lowest BCUT2D eigenvalue weighted by molar-refractivity contribution is -0.138. The molecule has 1 aromatic rings. The Morgan fingerprint density at radius 2 is 1.84 bits per heavy atom. The van der Waals surface area contributed by atoms with Gasteiger partial charge in [0.25, 0.3) is 0 Å². The highest BCUT2D eigenvalue weighted by Crippen LogP contribution is 2.38. The summed E-state index contributed by atoms with van der Waals surface area (Å²) in [4.78, 5) is 12.2. The summed E-state index contributed by atoms with van der Waals surface area (Å²) in [5.41, 5.74) is -1.55. The summed E-state index contributed by atoms with van der Waals surface area (Å²) >= 11 is 0. The van der Waals surface area contributed by atoms with Crippen LogP contribution in [-0.4, -0.2) is 12.9 Å². The fraction of sp³-hybridized carbons (Fsp3) is 0.500. The molecule has 0 fully saturated rings. The van der Waals surface area contributed by atoms with Crippen molar-refractivity contribution < 1.29 is 22.7 Å². The van der Waals surface area contributed by atoms with Crippen molar-refractivity contribution >= 4 is 5.78 Å². The number of halogens is 3. The average Bonchev–Trinajstić information content (AvgIpc) is 2.36. The molecule has 19 heavy (non-hydrogen) atoms. The van der Waals surface area contributed by atoms with E-state index in [9.17, 15) is 18.0 Å². The normalized spacial score (nSPS) is 12.4. The number of methoxy groups -OCH3 is 1. The van der Waals surface area contributed by atoms with E-state index in [1.807, 2.05) is 6.92 Å². The highest BCUT2D eigenvalue weighted by atomic mass is 19.4. The lowest BCUT2D eigenvalue weighted by atomic mass is 9.81. The van der Waals surface area contributed by atoms with Gasteiger partial charge in [-0.05, 0) is 24.6 Å². The molecule has 0 unspecified atom stereocenters. The molecule has 0 atom stereocenters. The van der Waals surface area contributed by atoms with Crippen LogP contribution in [0.4, 0.5) is 13.2 Å². The number of carbonyl (C=O) groups is 1. The van der Waals surface area contributed by atoms with Gasteiger partial charge in [-0.3, -0.25) is 4.79 Å². The Hall–Kier alpha value is -1.52. The fourth-order valence-corrected chi connectivity index (χ4v) is 1.62. The number of carbonyl (C=O) groups excluding carboxylic acids is 1. The zero-order valence-electron chi connectivity index (χ0n) is 11.4. The summed E-state index contributed by atoms with van der Waals surface area (Å²) in [6.07, 6.45) is -3.99. The monoisotopic (exact) mass is 274 g/mol. The van der Waals surface area contributed by atoms with Crippen molar-refractivity contribution in [2.24, 2.45) is 5.41 Å². The van der Waals surface area contributed by atoms with Crippen LogP contribution >= 0.6 is 0 Å². The third kappa shape index (κ3) is 3.28. The molecule has 0 heterocycles. The Bertz CT molecular complexity index is 476. The van der Waals surface area contributed by atoms with Crippen LogP contribution in [0.3, 0.4) is 0 Å². The van der Waals surface area contributed by atoms with Crippen molar-refractivity contribution in [1.82, 2.24) is 0 Å². The highest BCUT2D eigenvalue weighted by Gasteiger charge is 2.36. The summed E-state index contributed by atoms with van der Waals surface area (Å²) in [5.74, 6) is -0.582. The van der Waals surface area contributed by atoms with Gasteiger partial charge in [0.2, 0.25) is 0 Å². The fourth-order valence-electron chi connectivity index (χ4n) is 1.62. The lowest BCUT2D eigenvalue weighted by Crippen LogP contribution is -2.24. The van der Waals surface area contributed by atoms with E-state index in [0.29, 0.717) is 6.42 Å². The van der Waals surface area contributed by atoms with Crippen molar-refractivity contribution in [1.29, 1.82) is 0 Å². The van der Waals surface area contributed by atoms with Crippen molar-refractivity contribution in [2.75, 3.05) is 7.11 Å². The second-order valence-corrected chi connectivity index (χ2v) is 4.98. The Morgan fingerprint density at radius 3 is 2.26 bits per heavy atom. The molecule has 0 saturated carbocycles. The molecule has 0 spiro atoms. The Labute approximate surface area is 110 Å². The predicted octanol–water partition coefficient (Wildman–Crippen LogP) is 4.33. The first-order valence-electron chi connectivity index (χ1n) is 5.93. The van der Waals surface area contributed by atoms with E-state index in [0.717, 1.165) is 6.07 Å². The first kappa shape index (κ1) is 15.5. The molecular formula is C14H17F3O2. The SMILES string of the molecule is CCC(C)(C)C(=O)c1ccc(OC)c(C(F)(F)F)c1. The molecule has 2 nitrogen and oxygen atoms in total. The van der Waals surface area contributed by atoms with Crippen molar-refractivity contribution in [3.63, 3.8) is 0 Å². The molecule has 1 rings (SSSR count). The Morgan fingerprint density at radius 1 is 1.26 bits per heavy atom. The topological polar surface area (TPSA) is 26.3 Å². The summed E-state index contributed by atoms with van der Waals surface area (Å²) in [7, 11) is 1.17. The summed E-state index contributed by atoms with van der Waals surface area (Å²) in [5, 5.41) is 0. The second kappa shape index (κ2) is 5.23. The predicted molar refractivity (Wildman–Crippen MR) is 66.4 cm³/mol. The van der Waals surface area contributed by atoms with Crippen LogP contribution in [0.5, 0.6) is 5.75 Å². The molecule has 0 aliphatic carbocycles. The smallest absolute Gasteiger partial charge is 0.419 e. The molecule has 0 aromatic heterocycles. The molecule has 5 heteroatoms. The number of rotatable bonds is 4. The van der Waals surface area contributed by atoms with E-state index in [1.54, 1.807) is 13.8 Å². The number of benzene rings is 1. The summed E-state index contributed by atoms with van der Waals surface area (Å²) in [6.45, 7) is 5.26. The molecule has 0 radical (unpaired) electrons. The van der Waals surface area contributed by atoms with Gasteiger partial charge < -0.3 is 4.74 Å². The van der Waals surface area contributed by atoms with Gasteiger partial charge in [-0.25, -0.2) is 0 Å². The van der Waals surface area contributed by atoms with Crippen LogP contribution in [-0.2, 0) is 6.18 Å². The maximum absolute atomic E-state index is 12.9. The zero-order chi connectivity index (χ0) is 14.8. The number of alkyl halides is 3. The minimum absolute atomic E-state index is 0.0555. The highest BCUT2D eigenvalue weighted by molar-refractivity contribution is 6.00. The Kier molecular flexibility index (Phi) is 4.28. The van der Waals surface area contributed by atoms with Crippen molar-refractivity contribution in [3.8, 4) is 5.75 Å². The zero-order valence-corrected chi connectivity index (χ0v) is 11.4. The third-order valence-electron chi connectivity index (χ3n) is 3.27. The second-order valence-electron chi connectivity index (χ2n) is 4.98. The molecule has 0 aliphatic heterocycles. The molecule has 0 bridgehead atoms.